The number of halogens is 2. The average molecular weight is 451 g/mol. The number of anilines is 1. The first-order valence-electron chi connectivity index (χ1n) is 8.08. The zero-order valence-corrected chi connectivity index (χ0v) is 16.5. The van der Waals surface area contributed by atoms with Gasteiger partial charge in [-0.1, -0.05) is 23.2 Å². The number of benzene rings is 2. The maximum atomic E-state index is 12.0. The van der Waals surface area contributed by atoms with Gasteiger partial charge >= 0.3 is 5.97 Å². The summed E-state index contributed by atoms with van der Waals surface area (Å²) in [6.07, 6.45) is 0. The van der Waals surface area contributed by atoms with Gasteiger partial charge in [0.2, 0.25) is 0 Å². The third-order valence-electron chi connectivity index (χ3n) is 3.54. The highest BCUT2D eigenvalue weighted by Gasteiger charge is 2.15. The van der Waals surface area contributed by atoms with Crippen LogP contribution in [-0.2, 0) is 14.3 Å². The largest absolute Gasteiger partial charge is 0.454 e. The molecular weight excluding hydrogens is 439 g/mol. The SMILES string of the molecule is N#Cc1cc([N+](=O)[O-])ccc1NC(=O)COC(=O)CNC(=O)c1ccc(Cl)cc1Cl. The van der Waals surface area contributed by atoms with Crippen molar-refractivity contribution in [3.8, 4) is 6.07 Å². The maximum absolute atomic E-state index is 12.0. The second-order valence-electron chi connectivity index (χ2n) is 5.61. The first-order chi connectivity index (χ1) is 14.2. The summed E-state index contributed by atoms with van der Waals surface area (Å²) in [5.41, 5.74) is -0.313. The number of rotatable bonds is 7. The lowest BCUT2D eigenvalue weighted by Gasteiger charge is -2.09. The van der Waals surface area contributed by atoms with Crippen molar-refractivity contribution in [1.82, 2.24) is 5.32 Å². The highest BCUT2D eigenvalue weighted by atomic mass is 35.5. The monoisotopic (exact) mass is 450 g/mol. The summed E-state index contributed by atoms with van der Waals surface area (Å²) in [5.74, 6) is -2.31. The molecule has 10 nitrogen and oxygen atoms in total. The molecule has 0 saturated heterocycles. The van der Waals surface area contributed by atoms with Gasteiger partial charge in [0.05, 0.1) is 26.8 Å². The molecule has 2 amide bonds. The lowest BCUT2D eigenvalue weighted by molar-refractivity contribution is -0.384. The molecule has 2 aromatic rings. The molecule has 0 fully saturated rings. The average Bonchev–Trinajstić information content (AvgIpc) is 2.70. The van der Waals surface area contributed by atoms with Crippen LogP contribution in [0.2, 0.25) is 10.0 Å². The van der Waals surface area contributed by atoms with Gasteiger partial charge in [-0.3, -0.25) is 24.5 Å². The van der Waals surface area contributed by atoms with Crippen LogP contribution in [-0.4, -0.2) is 35.9 Å². The summed E-state index contributed by atoms with van der Waals surface area (Å²) in [7, 11) is 0. The zero-order valence-electron chi connectivity index (χ0n) is 15.0. The van der Waals surface area contributed by atoms with E-state index in [-0.39, 0.29) is 27.5 Å². The van der Waals surface area contributed by atoms with Gasteiger partial charge in [0.25, 0.3) is 17.5 Å². The number of nitrogens with one attached hydrogen (secondary N) is 2. The van der Waals surface area contributed by atoms with Gasteiger partial charge in [-0.25, -0.2) is 0 Å². The lowest BCUT2D eigenvalue weighted by Crippen LogP contribution is -2.32. The minimum atomic E-state index is -0.896. The number of ether oxygens (including phenoxy) is 1. The normalized spacial score (nSPS) is 9.90. The molecule has 12 heteroatoms. The number of carbonyl (C=O) groups is 3. The summed E-state index contributed by atoms with van der Waals surface area (Å²) < 4.78 is 4.74. The Morgan fingerprint density at radius 2 is 1.90 bits per heavy atom. The summed E-state index contributed by atoms with van der Waals surface area (Å²) in [6, 6.07) is 9.23. The minimum absolute atomic E-state index is 0.0230. The van der Waals surface area contributed by atoms with Crippen molar-refractivity contribution in [3.63, 3.8) is 0 Å². The third kappa shape index (κ3) is 6.16. The fraction of sp³-hybridized carbons (Fsp3) is 0.111. The predicted octanol–water partition coefficient (Wildman–Crippen LogP) is 2.68. The second kappa shape index (κ2) is 10.2. The van der Waals surface area contributed by atoms with Crippen LogP contribution < -0.4 is 10.6 Å². The first-order valence-corrected chi connectivity index (χ1v) is 8.84. The molecule has 0 atom stereocenters. The van der Waals surface area contributed by atoms with E-state index in [9.17, 15) is 24.5 Å². The number of hydrogen-bond donors (Lipinski definition) is 2. The number of esters is 1. The predicted molar refractivity (Wildman–Crippen MR) is 106 cm³/mol. The van der Waals surface area contributed by atoms with Crippen molar-refractivity contribution in [1.29, 1.82) is 5.26 Å². The van der Waals surface area contributed by atoms with Gasteiger partial charge < -0.3 is 15.4 Å². The van der Waals surface area contributed by atoms with E-state index in [1.54, 1.807) is 6.07 Å². The fourth-order valence-electron chi connectivity index (χ4n) is 2.15. The summed E-state index contributed by atoms with van der Waals surface area (Å²) in [6.45, 7) is -1.22. The van der Waals surface area contributed by atoms with Crippen LogP contribution >= 0.6 is 23.2 Å². The molecule has 154 valence electrons. The van der Waals surface area contributed by atoms with E-state index in [0.717, 1.165) is 12.1 Å². The van der Waals surface area contributed by atoms with Gasteiger partial charge in [0.1, 0.15) is 12.6 Å². The molecule has 0 saturated carbocycles. The number of amides is 2. The van der Waals surface area contributed by atoms with Gasteiger partial charge in [-0.05, 0) is 24.3 Å². The van der Waals surface area contributed by atoms with E-state index in [1.807, 2.05) is 0 Å². The van der Waals surface area contributed by atoms with Crippen LogP contribution in [0.5, 0.6) is 0 Å². The summed E-state index contributed by atoms with van der Waals surface area (Å²) in [4.78, 5) is 45.7. The van der Waals surface area contributed by atoms with Gasteiger partial charge in [0.15, 0.2) is 6.61 Å². The Balaban J connectivity index is 1.85. The van der Waals surface area contributed by atoms with Crippen LogP contribution in [0.15, 0.2) is 36.4 Å². The van der Waals surface area contributed by atoms with E-state index in [4.69, 9.17) is 33.2 Å². The third-order valence-corrected chi connectivity index (χ3v) is 4.09. The Labute approximate surface area is 179 Å². The van der Waals surface area contributed by atoms with Crippen molar-refractivity contribution < 1.29 is 24.0 Å². The Bertz CT molecular complexity index is 1070. The van der Waals surface area contributed by atoms with Crippen molar-refractivity contribution in [2.75, 3.05) is 18.5 Å². The summed E-state index contributed by atoms with van der Waals surface area (Å²) >= 11 is 11.6. The number of non-ortho nitro benzene ring substituents is 1. The van der Waals surface area contributed by atoms with E-state index < -0.39 is 35.9 Å². The topological polar surface area (TPSA) is 151 Å². The molecule has 0 spiro atoms. The Kier molecular flexibility index (Phi) is 7.69. The molecule has 0 bridgehead atoms. The standard InChI is InChI=1S/C18H12Cl2N4O6/c19-11-1-3-13(14(20)6-11)18(27)22-8-17(26)30-9-16(25)23-15-4-2-12(24(28)29)5-10(15)7-21/h1-6H,8-9H2,(H,22,27)(H,23,25). The number of carbonyl (C=O) groups excluding carboxylic acids is 3. The molecule has 0 aliphatic carbocycles. The van der Waals surface area contributed by atoms with E-state index in [1.165, 1.54) is 24.3 Å². The smallest absolute Gasteiger partial charge is 0.325 e. The zero-order chi connectivity index (χ0) is 22.3. The number of hydrogen-bond acceptors (Lipinski definition) is 7. The maximum Gasteiger partial charge on any atom is 0.325 e. The van der Waals surface area contributed by atoms with E-state index in [2.05, 4.69) is 10.6 Å². The molecule has 0 aliphatic heterocycles. The Morgan fingerprint density at radius 1 is 1.17 bits per heavy atom. The van der Waals surface area contributed by atoms with Crippen molar-refractivity contribution >= 4 is 52.4 Å². The first kappa shape index (κ1) is 22.6. The van der Waals surface area contributed by atoms with Crippen molar-refractivity contribution in [3.05, 3.63) is 67.7 Å². The number of nitrogens with zero attached hydrogens (tertiary/aromatic N) is 2. The molecule has 0 aliphatic rings. The van der Waals surface area contributed by atoms with Gasteiger partial charge in [-0.15, -0.1) is 0 Å². The Hall–Kier alpha value is -3.68. The number of nitro benzene ring substituents is 1. The second-order valence-corrected chi connectivity index (χ2v) is 6.46. The van der Waals surface area contributed by atoms with Crippen molar-refractivity contribution in [2.24, 2.45) is 0 Å². The molecule has 0 radical (unpaired) electrons. The molecule has 2 aromatic carbocycles. The molecule has 0 unspecified atom stereocenters. The molecule has 0 aromatic heterocycles. The fourth-order valence-corrected chi connectivity index (χ4v) is 2.65. The number of nitriles is 1. The van der Waals surface area contributed by atoms with Crippen molar-refractivity contribution in [2.45, 2.75) is 0 Å². The summed E-state index contributed by atoms with van der Waals surface area (Å²) in [5, 5.41) is 24.8. The van der Waals surface area contributed by atoms with Crippen LogP contribution in [0.3, 0.4) is 0 Å². The lowest BCUT2D eigenvalue weighted by atomic mass is 10.1. The quantitative estimate of drug-likeness (QED) is 0.373. The minimum Gasteiger partial charge on any atom is -0.454 e. The van der Waals surface area contributed by atoms with E-state index in [0.29, 0.717) is 5.02 Å². The molecule has 2 N–H and O–H groups in total. The highest BCUT2D eigenvalue weighted by Crippen LogP contribution is 2.22. The van der Waals surface area contributed by atoms with Gasteiger partial charge in [0, 0.05) is 17.2 Å². The molecule has 2 rings (SSSR count). The molecular formula is C18H12Cl2N4O6. The highest BCUT2D eigenvalue weighted by molar-refractivity contribution is 6.36. The Morgan fingerprint density at radius 3 is 2.53 bits per heavy atom. The molecule has 0 heterocycles. The van der Waals surface area contributed by atoms with Crippen LogP contribution in [0.25, 0.3) is 0 Å². The molecule has 30 heavy (non-hydrogen) atoms. The van der Waals surface area contributed by atoms with E-state index >= 15 is 0 Å². The van der Waals surface area contributed by atoms with Crippen LogP contribution in [0, 0.1) is 21.4 Å². The van der Waals surface area contributed by atoms with Gasteiger partial charge in [-0.2, -0.15) is 5.26 Å². The van der Waals surface area contributed by atoms with Crippen LogP contribution in [0.1, 0.15) is 15.9 Å². The number of nitro groups is 1. The van der Waals surface area contributed by atoms with Crippen LogP contribution in [0.4, 0.5) is 11.4 Å².